The van der Waals surface area contributed by atoms with Gasteiger partial charge in [0, 0.05) is 0 Å². The van der Waals surface area contributed by atoms with Crippen LogP contribution in [0, 0.1) is 0 Å². The van der Waals surface area contributed by atoms with Crippen molar-refractivity contribution in [2.75, 3.05) is 11.5 Å². The molecule has 1 aromatic carbocycles. The molecule has 0 aliphatic heterocycles. The van der Waals surface area contributed by atoms with Crippen LogP contribution < -0.4 is 5.73 Å². The van der Waals surface area contributed by atoms with Gasteiger partial charge in [0.1, 0.15) is 10.5 Å². The molecule has 0 atom stereocenters. The maximum Gasteiger partial charge on any atom is 0.313 e. The number of aromatic nitrogens is 4. The van der Waals surface area contributed by atoms with E-state index in [1.807, 2.05) is 34.9 Å². The van der Waals surface area contributed by atoms with Crippen molar-refractivity contribution >= 4 is 34.8 Å². The molecular formula is C14H13N5O2S. The van der Waals surface area contributed by atoms with E-state index in [4.69, 9.17) is 10.8 Å². The van der Waals surface area contributed by atoms with E-state index in [0.717, 1.165) is 17.3 Å². The van der Waals surface area contributed by atoms with Crippen LogP contribution in [0.3, 0.4) is 0 Å². The van der Waals surface area contributed by atoms with Crippen molar-refractivity contribution in [3.63, 3.8) is 0 Å². The number of anilines is 1. The Morgan fingerprint density at radius 2 is 2.05 bits per heavy atom. The van der Waals surface area contributed by atoms with Gasteiger partial charge >= 0.3 is 5.97 Å². The number of carboxylic acid groups (broad SMARTS) is 1. The first-order valence-corrected chi connectivity index (χ1v) is 7.49. The van der Waals surface area contributed by atoms with E-state index in [-0.39, 0.29) is 11.7 Å². The Bertz CT molecular complexity index is 819. The molecule has 22 heavy (non-hydrogen) atoms. The maximum absolute atomic E-state index is 10.7. The molecule has 0 amide bonds. The summed E-state index contributed by atoms with van der Waals surface area (Å²) >= 11 is 1.09. The molecule has 0 bridgehead atoms. The molecule has 0 radical (unpaired) electrons. The van der Waals surface area contributed by atoms with Gasteiger partial charge in [0.05, 0.1) is 18.6 Å². The number of nitrogen functional groups attached to an aromatic ring is 1. The predicted octanol–water partition coefficient (Wildman–Crippen LogP) is 1.63. The lowest BCUT2D eigenvalue weighted by Crippen LogP contribution is -2.04. The largest absolute Gasteiger partial charge is 0.481 e. The number of aliphatic carboxylic acids is 1. The Labute approximate surface area is 130 Å². The minimum absolute atomic E-state index is 0.100. The molecule has 2 heterocycles. The summed E-state index contributed by atoms with van der Waals surface area (Å²) in [6, 6.07) is 9.90. The number of nitrogens with two attached hydrogens (primary N) is 1. The van der Waals surface area contributed by atoms with E-state index in [2.05, 4.69) is 15.0 Å². The highest BCUT2D eigenvalue weighted by Crippen LogP contribution is 2.25. The van der Waals surface area contributed by atoms with E-state index < -0.39 is 5.97 Å². The van der Waals surface area contributed by atoms with Crippen LogP contribution in [0.4, 0.5) is 5.95 Å². The molecule has 0 fully saturated rings. The van der Waals surface area contributed by atoms with E-state index in [9.17, 15) is 4.79 Å². The predicted molar refractivity (Wildman–Crippen MR) is 83.6 cm³/mol. The van der Waals surface area contributed by atoms with Gasteiger partial charge in [-0.2, -0.15) is 4.98 Å². The van der Waals surface area contributed by atoms with Gasteiger partial charge in [0.15, 0.2) is 5.65 Å². The maximum atomic E-state index is 10.7. The molecule has 2 aromatic heterocycles. The van der Waals surface area contributed by atoms with Gasteiger partial charge < -0.3 is 15.4 Å². The molecule has 0 saturated heterocycles. The summed E-state index contributed by atoms with van der Waals surface area (Å²) in [7, 11) is 0. The van der Waals surface area contributed by atoms with Gasteiger partial charge in [-0.25, -0.2) is 9.97 Å². The van der Waals surface area contributed by atoms with Gasteiger partial charge in [-0.3, -0.25) is 4.79 Å². The van der Waals surface area contributed by atoms with E-state index >= 15 is 0 Å². The molecule has 3 N–H and O–H groups in total. The fourth-order valence-corrected chi connectivity index (χ4v) is 2.76. The quantitative estimate of drug-likeness (QED) is 0.544. The van der Waals surface area contributed by atoms with Crippen LogP contribution in [0.25, 0.3) is 11.2 Å². The van der Waals surface area contributed by atoms with Crippen molar-refractivity contribution in [1.82, 2.24) is 19.5 Å². The van der Waals surface area contributed by atoms with Gasteiger partial charge in [0.2, 0.25) is 5.95 Å². The molecule has 8 heteroatoms. The SMILES string of the molecule is Nc1nc(SCC(=O)O)c2ncn(Cc3ccccc3)c2n1. The van der Waals surface area contributed by atoms with Gasteiger partial charge in [-0.1, -0.05) is 42.1 Å². The number of carboxylic acids is 1. The van der Waals surface area contributed by atoms with Crippen molar-refractivity contribution < 1.29 is 9.90 Å². The van der Waals surface area contributed by atoms with Gasteiger partial charge in [-0.05, 0) is 5.56 Å². The highest BCUT2D eigenvalue weighted by molar-refractivity contribution is 8.00. The van der Waals surface area contributed by atoms with E-state index in [1.165, 1.54) is 0 Å². The third kappa shape index (κ3) is 3.01. The van der Waals surface area contributed by atoms with Crippen LogP contribution >= 0.6 is 11.8 Å². The number of fused-ring (bicyclic) bond motifs is 1. The summed E-state index contributed by atoms with van der Waals surface area (Å²) in [4.78, 5) is 23.3. The fraction of sp³-hybridized carbons (Fsp3) is 0.143. The molecule has 0 saturated carbocycles. The lowest BCUT2D eigenvalue weighted by Gasteiger charge is -2.05. The average Bonchev–Trinajstić information content (AvgIpc) is 2.89. The zero-order valence-corrected chi connectivity index (χ0v) is 12.3. The highest BCUT2D eigenvalue weighted by atomic mass is 32.2. The third-order valence-corrected chi connectivity index (χ3v) is 3.93. The minimum atomic E-state index is -0.918. The lowest BCUT2D eigenvalue weighted by atomic mass is 10.2. The third-order valence-electron chi connectivity index (χ3n) is 2.98. The second kappa shape index (κ2) is 6.02. The number of hydrogen-bond acceptors (Lipinski definition) is 6. The van der Waals surface area contributed by atoms with Crippen molar-refractivity contribution in [1.29, 1.82) is 0 Å². The van der Waals surface area contributed by atoms with Crippen LogP contribution in [0.1, 0.15) is 5.56 Å². The van der Waals surface area contributed by atoms with Gasteiger partial charge in [-0.15, -0.1) is 0 Å². The molecule has 0 aliphatic rings. The Kier molecular flexibility index (Phi) is 3.92. The molecule has 3 aromatic rings. The first kappa shape index (κ1) is 14.3. The van der Waals surface area contributed by atoms with Crippen molar-refractivity contribution in [3.8, 4) is 0 Å². The van der Waals surface area contributed by atoms with Crippen molar-refractivity contribution in [3.05, 3.63) is 42.2 Å². The molecule has 0 unspecified atom stereocenters. The first-order chi connectivity index (χ1) is 10.6. The summed E-state index contributed by atoms with van der Waals surface area (Å²) in [5, 5.41) is 9.28. The van der Waals surface area contributed by atoms with Crippen LogP contribution in [-0.2, 0) is 11.3 Å². The molecule has 0 spiro atoms. The zero-order chi connectivity index (χ0) is 15.5. The molecule has 112 valence electrons. The second-order valence-electron chi connectivity index (χ2n) is 4.60. The van der Waals surface area contributed by atoms with Crippen LogP contribution in [0.2, 0.25) is 0 Å². The topological polar surface area (TPSA) is 107 Å². The number of thioether (sulfide) groups is 1. The molecule has 7 nitrogen and oxygen atoms in total. The van der Waals surface area contributed by atoms with Crippen LogP contribution in [-0.4, -0.2) is 36.3 Å². The number of rotatable bonds is 5. The zero-order valence-electron chi connectivity index (χ0n) is 11.5. The molecular weight excluding hydrogens is 302 g/mol. The number of benzene rings is 1. The summed E-state index contributed by atoms with van der Waals surface area (Å²) in [5.74, 6) is -0.911. The summed E-state index contributed by atoms with van der Waals surface area (Å²) in [6.45, 7) is 0.608. The Morgan fingerprint density at radius 1 is 1.27 bits per heavy atom. The van der Waals surface area contributed by atoms with Crippen LogP contribution in [0.5, 0.6) is 0 Å². The Balaban J connectivity index is 1.98. The fourth-order valence-electron chi connectivity index (χ4n) is 2.06. The minimum Gasteiger partial charge on any atom is -0.481 e. The van der Waals surface area contributed by atoms with Crippen molar-refractivity contribution in [2.45, 2.75) is 11.6 Å². The smallest absolute Gasteiger partial charge is 0.313 e. The first-order valence-electron chi connectivity index (χ1n) is 6.50. The van der Waals surface area contributed by atoms with Gasteiger partial charge in [0.25, 0.3) is 0 Å². The lowest BCUT2D eigenvalue weighted by molar-refractivity contribution is -0.133. The Morgan fingerprint density at radius 3 is 2.77 bits per heavy atom. The standard InChI is InChI=1S/C14H13N5O2S/c15-14-17-12-11(13(18-14)22-7-10(20)21)16-8-19(12)6-9-4-2-1-3-5-9/h1-5,8H,6-7H2,(H,20,21)(H2,15,17,18). The molecule has 3 rings (SSSR count). The summed E-state index contributed by atoms with van der Waals surface area (Å²) in [5.41, 5.74) is 8.01. The van der Waals surface area contributed by atoms with E-state index in [0.29, 0.717) is 22.7 Å². The number of hydrogen-bond donors (Lipinski definition) is 2. The van der Waals surface area contributed by atoms with Crippen molar-refractivity contribution in [2.24, 2.45) is 0 Å². The van der Waals surface area contributed by atoms with E-state index in [1.54, 1.807) is 6.33 Å². The Hall–Kier alpha value is -2.61. The summed E-state index contributed by atoms with van der Waals surface area (Å²) < 4.78 is 1.87. The second-order valence-corrected chi connectivity index (χ2v) is 5.56. The monoisotopic (exact) mass is 315 g/mol. The summed E-state index contributed by atoms with van der Waals surface area (Å²) in [6.07, 6.45) is 1.66. The number of carbonyl (C=O) groups is 1. The normalized spacial score (nSPS) is 10.9. The number of imidazole rings is 1. The highest BCUT2D eigenvalue weighted by Gasteiger charge is 2.14. The van der Waals surface area contributed by atoms with Crippen LogP contribution in [0.15, 0.2) is 41.7 Å². The average molecular weight is 315 g/mol. The molecule has 0 aliphatic carbocycles. The number of nitrogens with zero attached hydrogens (tertiary/aromatic N) is 4.